The molecule has 29 heavy (non-hydrogen) atoms. The topological polar surface area (TPSA) is 93.0 Å². The minimum absolute atomic E-state index is 0.0917. The van der Waals surface area contributed by atoms with E-state index in [1.54, 1.807) is 24.3 Å². The van der Waals surface area contributed by atoms with Crippen LogP contribution < -0.4 is 0 Å². The molecule has 6 nitrogen and oxygen atoms in total. The summed E-state index contributed by atoms with van der Waals surface area (Å²) in [5.41, 5.74) is -3.96. The van der Waals surface area contributed by atoms with Crippen molar-refractivity contribution in [3.8, 4) is 0 Å². The molecule has 0 aliphatic heterocycles. The van der Waals surface area contributed by atoms with E-state index in [4.69, 9.17) is 0 Å². The van der Waals surface area contributed by atoms with Gasteiger partial charge in [-0.2, -0.15) is 9.98 Å². The van der Waals surface area contributed by atoms with Crippen LogP contribution >= 0.6 is 0 Å². The van der Waals surface area contributed by atoms with E-state index in [1.807, 2.05) is 41.5 Å². The van der Waals surface area contributed by atoms with Crippen LogP contribution in [0.5, 0.6) is 0 Å². The van der Waals surface area contributed by atoms with Gasteiger partial charge in [0, 0.05) is 5.41 Å². The molecule has 1 aromatic rings. The number of isocyanates is 2. The lowest BCUT2D eigenvalue weighted by molar-refractivity contribution is -0.0344. The Kier molecular flexibility index (Phi) is 5.75. The normalized spacial score (nSPS) is 21.5. The minimum Gasteiger partial charge on any atom is -0.219 e. The lowest BCUT2D eigenvalue weighted by atomic mass is 9.47. The molecule has 0 saturated carbocycles. The van der Waals surface area contributed by atoms with Gasteiger partial charge in [0.1, 0.15) is 0 Å². The van der Waals surface area contributed by atoms with E-state index in [0.717, 1.165) is 0 Å². The summed E-state index contributed by atoms with van der Waals surface area (Å²) in [6, 6.07) is 7.91. The van der Waals surface area contributed by atoms with Gasteiger partial charge in [-0.3, -0.25) is 0 Å². The van der Waals surface area contributed by atoms with Crippen molar-refractivity contribution < 1.29 is 18.0 Å². The summed E-state index contributed by atoms with van der Waals surface area (Å²) >= 11 is 0. The monoisotopic (exact) mass is 414 g/mol. The molecule has 154 valence electrons. The molecule has 0 amide bonds. The molecule has 1 aliphatic carbocycles. The maximum atomic E-state index is 13.2. The molecule has 7 heteroatoms. The standard InChI is InChI=1S/C22H26N2O4S/c1-19(2,3)21(20(4,5)6)13-12-18(14-22(21,23-15-25)24-16-26)29(27,28)17-10-8-7-9-11-17/h7-14H,1-6H3. The summed E-state index contributed by atoms with van der Waals surface area (Å²) in [7, 11) is -3.92. The highest BCUT2D eigenvalue weighted by Gasteiger charge is 2.64. The zero-order chi connectivity index (χ0) is 22.1. The van der Waals surface area contributed by atoms with Crippen LogP contribution in [0, 0.1) is 16.2 Å². The molecule has 0 N–H and O–H groups in total. The minimum atomic E-state index is -3.92. The number of benzene rings is 1. The van der Waals surface area contributed by atoms with Crippen LogP contribution in [0.15, 0.2) is 68.3 Å². The van der Waals surface area contributed by atoms with Gasteiger partial charge in [-0.05, 0) is 35.1 Å². The van der Waals surface area contributed by atoms with E-state index >= 15 is 0 Å². The van der Waals surface area contributed by atoms with E-state index in [1.165, 1.54) is 36.4 Å². The number of sulfone groups is 1. The Morgan fingerprint density at radius 3 is 1.76 bits per heavy atom. The van der Waals surface area contributed by atoms with Crippen molar-refractivity contribution in [2.75, 3.05) is 0 Å². The largest absolute Gasteiger partial charge is 0.237 e. The quantitative estimate of drug-likeness (QED) is 0.540. The average Bonchev–Trinajstić information content (AvgIpc) is 2.60. The van der Waals surface area contributed by atoms with Crippen molar-refractivity contribution in [2.45, 2.75) is 52.1 Å². The molecule has 0 heterocycles. The molecular formula is C22H26N2O4S. The SMILES string of the molecule is CC(C)(C)C1(C(C)(C)C)C=CC(S(=O)(=O)c2ccccc2)=CC1(N=C=O)N=C=O. The number of carbonyl (C=O) groups excluding carboxylic acids is 2. The summed E-state index contributed by atoms with van der Waals surface area (Å²) < 4.78 is 26.4. The second-order valence-electron chi connectivity index (χ2n) is 9.14. The third-order valence-corrected chi connectivity index (χ3v) is 7.35. The summed E-state index contributed by atoms with van der Waals surface area (Å²) in [5, 5.41) is 0. The van der Waals surface area contributed by atoms with E-state index in [-0.39, 0.29) is 9.80 Å². The molecule has 0 atom stereocenters. The first-order chi connectivity index (χ1) is 13.3. The fourth-order valence-corrected chi connectivity index (χ4v) is 6.08. The number of hydrogen-bond donors (Lipinski definition) is 0. The number of rotatable bonds is 4. The number of aliphatic imine (C=N–C) groups is 2. The number of hydrogen-bond acceptors (Lipinski definition) is 6. The number of allylic oxidation sites excluding steroid dienone is 1. The Bertz CT molecular complexity index is 1010. The molecule has 0 radical (unpaired) electrons. The van der Waals surface area contributed by atoms with Crippen molar-refractivity contribution in [3.05, 3.63) is 53.5 Å². The van der Waals surface area contributed by atoms with Gasteiger partial charge in [-0.25, -0.2) is 18.0 Å². The zero-order valence-corrected chi connectivity index (χ0v) is 18.4. The molecule has 2 rings (SSSR count). The van der Waals surface area contributed by atoms with Gasteiger partial charge in [0.25, 0.3) is 0 Å². The highest BCUT2D eigenvalue weighted by molar-refractivity contribution is 7.95. The van der Waals surface area contributed by atoms with Crippen LogP contribution in [0.3, 0.4) is 0 Å². The van der Waals surface area contributed by atoms with Gasteiger partial charge < -0.3 is 0 Å². The maximum Gasteiger partial charge on any atom is 0.237 e. The molecule has 0 unspecified atom stereocenters. The average molecular weight is 415 g/mol. The number of nitrogens with zero attached hydrogens (tertiary/aromatic N) is 2. The van der Waals surface area contributed by atoms with Gasteiger partial charge in [0.05, 0.1) is 9.80 Å². The Labute approximate surface area is 172 Å². The molecular weight excluding hydrogens is 388 g/mol. The van der Waals surface area contributed by atoms with Gasteiger partial charge in [0.2, 0.25) is 27.7 Å². The lowest BCUT2D eigenvalue weighted by Gasteiger charge is -2.58. The highest BCUT2D eigenvalue weighted by atomic mass is 32.2. The van der Waals surface area contributed by atoms with Crippen LogP contribution in [0.25, 0.3) is 0 Å². The predicted octanol–water partition coefficient (Wildman–Crippen LogP) is 4.36. The van der Waals surface area contributed by atoms with Crippen molar-refractivity contribution in [1.82, 2.24) is 0 Å². The fourth-order valence-electron chi connectivity index (χ4n) is 4.73. The first-order valence-electron chi connectivity index (χ1n) is 9.19. The summed E-state index contributed by atoms with van der Waals surface area (Å²) in [4.78, 5) is 30.7. The van der Waals surface area contributed by atoms with Crippen LogP contribution in [-0.4, -0.2) is 26.2 Å². The third-order valence-electron chi connectivity index (χ3n) is 5.58. The van der Waals surface area contributed by atoms with Crippen LogP contribution in [0.4, 0.5) is 0 Å². The zero-order valence-electron chi connectivity index (χ0n) is 17.6. The molecule has 0 fully saturated rings. The molecule has 0 bridgehead atoms. The third kappa shape index (κ3) is 3.46. The predicted molar refractivity (Wildman–Crippen MR) is 111 cm³/mol. The van der Waals surface area contributed by atoms with Gasteiger partial charge >= 0.3 is 0 Å². The second kappa shape index (κ2) is 7.34. The second-order valence-corrected chi connectivity index (χ2v) is 11.1. The first-order valence-corrected chi connectivity index (χ1v) is 10.7. The van der Waals surface area contributed by atoms with E-state index in [9.17, 15) is 18.0 Å². The smallest absolute Gasteiger partial charge is 0.219 e. The van der Waals surface area contributed by atoms with Gasteiger partial charge in [-0.1, -0.05) is 65.8 Å². The van der Waals surface area contributed by atoms with Crippen molar-refractivity contribution in [2.24, 2.45) is 26.2 Å². The van der Waals surface area contributed by atoms with E-state index in [0.29, 0.717) is 0 Å². The molecule has 1 aromatic carbocycles. The Morgan fingerprint density at radius 1 is 0.862 bits per heavy atom. The van der Waals surface area contributed by atoms with Crippen molar-refractivity contribution >= 4 is 22.0 Å². The molecule has 0 aromatic heterocycles. The summed E-state index contributed by atoms with van der Waals surface area (Å²) in [6.45, 7) is 11.6. The Balaban J connectivity index is 2.96. The Hall–Kier alpha value is -2.59. The first kappa shape index (κ1) is 22.7. The van der Waals surface area contributed by atoms with Crippen LogP contribution in [0.1, 0.15) is 41.5 Å². The van der Waals surface area contributed by atoms with Gasteiger partial charge in [-0.15, -0.1) is 0 Å². The maximum absolute atomic E-state index is 13.2. The summed E-state index contributed by atoms with van der Waals surface area (Å²) in [5.74, 6) is 0. The van der Waals surface area contributed by atoms with Crippen LogP contribution in [-0.2, 0) is 19.4 Å². The van der Waals surface area contributed by atoms with Gasteiger partial charge in [0.15, 0.2) is 0 Å². The van der Waals surface area contributed by atoms with Crippen LogP contribution in [0.2, 0.25) is 0 Å². The molecule has 1 aliphatic rings. The van der Waals surface area contributed by atoms with Crippen molar-refractivity contribution in [1.29, 1.82) is 0 Å². The lowest BCUT2D eigenvalue weighted by Crippen LogP contribution is -2.59. The van der Waals surface area contributed by atoms with Crippen molar-refractivity contribution in [3.63, 3.8) is 0 Å². The fraction of sp³-hybridized carbons (Fsp3) is 0.455. The highest BCUT2D eigenvalue weighted by Crippen LogP contribution is 2.63. The summed E-state index contributed by atoms with van der Waals surface area (Å²) in [6.07, 6.45) is 7.51. The van der Waals surface area contributed by atoms with E-state index < -0.39 is 31.7 Å². The molecule has 0 saturated heterocycles. The van der Waals surface area contributed by atoms with E-state index in [2.05, 4.69) is 9.98 Å². The Morgan fingerprint density at radius 2 is 1.34 bits per heavy atom. The molecule has 0 spiro atoms.